The van der Waals surface area contributed by atoms with Crippen LogP contribution < -0.4 is 15.0 Å². The number of nitrogens with one attached hydrogen (secondary N) is 1. The van der Waals surface area contributed by atoms with Crippen molar-refractivity contribution < 1.29 is 9.53 Å². The predicted molar refractivity (Wildman–Crippen MR) is 124 cm³/mol. The van der Waals surface area contributed by atoms with Gasteiger partial charge in [0, 0.05) is 31.9 Å². The van der Waals surface area contributed by atoms with Gasteiger partial charge in [0.15, 0.2) is 0 Å². The van der Waals surface area contributed by atoms with Crippen molar-refractivity contribution in [2.75, 3.05) is 43.0 Å². The maximum absolute atomic E-state index is 12.5. The number of amides is 1. The number of nitrogens with zero attached hydrogens (tertiary/aromatic N) is 4. The lowest BCUT2D eigenvalue weighted by Crippen LogP contribution is -2.46. The second-order valence-electron chi connectivity index (χ2n) is 7.49. The van der Waals surface area contributed by atoms with Gasteiger partial charge in [-0.2, -0.15) is 0 Å². The van der Waals surface area contributed by atoms with E-state index in [0.717, 1.165) is 53.9 Å². The molecule has 1 saturated heterocycles. The van der Waals surface area contributed by atoms with Crippen molar-refractivity contribution in [2.45, 2.75) is 20.4 Å². The summed E-state index contributed by atoms with van der Waals surface area (Å²) in [4.78, 5) is 17.2. The van der Waals surface area contributed by atoms with E-state index in [-0.39, 0.29) is 5.91 Å². The van der Waals surface area contributed by atoms with Crippen LogP contribution in [0, 0.1) is 6.92 Å². The maximum atomic E-state index is 12.5. The number of carbonyl (C=O) groups is 1. The highest BCUT2D eigenvalue weighted by Crippen LogP contribution is 2.29. The van der Waals surface area contributed by atoms with Gasteiger partial charge in [-0.25, -0.2) is 0 Å². The van der Waals surface area contributed by atoms with Crippen LogP contribution in [0.5, 0.6) is 5.75 Å². The molecule has 1 aliphatic heterocycles. The van der Waals surface area contributed by atoms with Gasteiger partial charge in [-0.15, -0.1) is 10.2 Å². The number of piperazine rings is 1. The molecule has 31 heavy (non-hydrogen) atoms. The molecule has 0 atom stereocenters. The number of para-hydroxylation sites is 2. The van der Waals surface area contributed by atoms with Crippen LogP contribution in [-0.2, 0) is 6.54 Å². The maximum Gasteiger partial charge on any atom is 0.286 e. The van der Waals surface area contributed by atoms with Gasteiger partial charge in [0.1, 0.15) is 10.8 Å². The van der Waals surface area contributed by atoms with Crippen molar-refractivity contribution in [3.63, 3.8) is 0 Å². The largest absolute Gasteiger partial charge is 0.492 e. The Morgan fingerprint density at radius 2 is 1.81 bits per heavy atom. The molecule has 2 aromatic carbocycles. The first-order valence-corrected chi connectivity index (χ1v) is 11.3. The number of anilines is 2. The smallest absolute Gasteiger partial charge is 0.286 e. The van der Waals surface area contributed by atoms with E-state index in [1.807, 2.05) is 50.2 Å². The fourth-order valence-corrected chi connectivity index (χ4v) is 4.34. The van der Waals surface area contributed by atoms with Gasteiger partial charge in [0.25, 0.3) is 5.91 Å². The number of ether oxygens (including phenoxy) is 1. The van der Waals surface area contributed by atoms with Crippen molar-refractivity contribution in [1.82, 2.24) is 15.1 Å². The summed E-state index contributed by atoms with van der Waals surface area (Å²) < 4.78 is 5.78. The summed E-state index contributed by atoms with van der Waals surface area (Å²) in [5.41, 5.74) is 3.06. The van der Waals surface area contributed by atoms with Crippen molar-refractivity contribution in [2.24, 2.45) is 0 Å². The Kier molecular flexibility index (Phi) is 6.79. The standard InChI is InChI=1S/C23H27N5O2S/c1-3-30-20-7-5-4-6-19(20)28-14-12-27(13-15-28)16-21-25-26-23(31-21)22(29)24-18-10-8-17(2)9-11-18/h4-11H,3,12-16H2,1-2H3,(H,24,29). The second kappa shape index (κ2) is 9.89. The Hall–Kier alpha value is -2.97. The molecule has 1 aliphatic rings. The highest BCUT2D eigenvalue weighted by molar-refractivity contribution is 7.13. The molecule has 1 fully saturated rings. The lowest BCUT2D eigenvalue weighted by atomic mass is 10.2. The minimum Gasteiger partial charge on any atom is -0.492 e. The lowest BCUT2D eigenvalue weighted by molar-refractivity contribution is 0.102. The second-order valence-corrected chi connectivity index (χ2v) is 8.55. The molecule has 7 nitrogen and oxygen atoms in total. The average Bonchev–Trinajstić information content (AvgIpc) is 3.25. The molecule has 162 valence electrons. The first-order chi connectivity index (χ1) is 15.1. The van der Waals surface area contributed by atoms with Crippen LogP contribution in [0.25, 0.3) is 0 Å². The molecule has 2 heterocycles. The molecular weight excluding hydrogens is 410 g/mol. The molecule has 4 rings (SSSR count). The van der Waals surface area contributed by atoms with Gasteiger partial charge in [-0.05, 0) is 38.1 Å². The van der Waals surface area contributed by atoms with Crippen LogP contribution in [0.1, 0.15) is 27.3 Å². The molecule has 0 spiro atoms. The molecule has 1 amide bonds. The fourth-order valence-electron chi connectivity index (χ4n) is 3.56. The highest BCUT2D eigenvalue weighted by atomic mass is 32.1. The molecule has 1 aromatic heterocycles. The SMILES string of the molecule is CCOc1ccccc1N1CCN(Cc2nnc(C(=O)Nc3ccc(C)cc3)s2)CC1. The third-order valence-corrected chi connectivity index (χ3v) is 6.11. The van der Waals surface area contributed by atoms with E-state index in [4.69, 9.17) is 4.74 Å². The monoisotopic (exact) mass is 437 g/mol. The Balaban J connectivity index is 1.31. The zero-order valence-electron chi connectivity index (χ0n) is 17.9. The Morgan fingerprint density at radius 3 is 2.55 bits per heavy atom. The summed E-state index contributed by atoms with van der Waals surface area (Å²) in [6.07, 6.45) is 0. The van der Waals surface area contributed by atoms with Crippen molar-refractivity contribution in [1.29, 1.82) is 0 Å². The minimum absolute atomic E-state index is 0.218. The van der Waals surface area contributed by atoms with E-state index in [9.17, 15) is 4.79 Å². The molecule has 0 aliphatic carbocycles. The fraction of sp³-hybridized carbons (Fsp3) is 0.348. The summed E-state index contributed by atoms with van der Waals surface area (Å²) >= 11 is 1.35. The van der Waals surface area contributed by atoms with Gasteiger partial charge in [0.2, 0.25) is 5.01 Å². The molecule has 3 aromatic rings. The number of carbonyl (C=O) groups excluding carboxylic acids is 1. The van der Waals surface area contributed by atoms with E-state index < -0.39 is 0 Å². The van der Waals surface area contributed by atoms with Gasteiger partial charge in [-0.3, -0.25) is 9.69 Å². The lowest BCUT2D eigenvalue weighted by Gasteiger charge is -2.36. The molecule has 0 bridgehead atoms. The molecule has 0 radical (unpaired) electrons. The number of aromatic nitrogens is 2. The third kappa shape index (κ3) is 5.39. The molecule has 0 saturated carbocycles. The number of benzene rings is 2. The molecule has 8 heteroatoms. The summed E-state index contributed by atoms with van der Waals surface area (Å²) in [5, 5.41) is 12.5. The Morgan fingerprint density at radius 1 is 1.06 bits per heavy atom. The van der Waals surface area contributed by atoms with Gasteiger partial charge in [0.05, 0.1) is 18.8 Å². The van der Waals surface area contributed by atoms with Gasteiger partial charge < -0.3 is 15.0 Å². The first-order valence-electron chi connectivity index (χ1n) is 10.5. The van der Waals surface area contributed by atoms with E-state index in [1.165, 1.54) is 11.3 Å². The average molecular weight is 438 g/mol. The van der Waals surface area contributed by atoms with Crippen LogP contribution in [0.3, 0.4) is 0 Å². The van der Waals surface area contributed by atoms with E-state index in [0.29, 0.717) is 18.2 Å². The van der Waals surface area contributed by atoms with Crippen molar-refractivity contribution in [3.8, 4) is 5.75 Å². The zero-order valence-corrected chi connectivity index (χ0v) is 18.7. The summed E-state index contributed by atoms with van der Waals surface area (Å²) in [5.74, 6) is 0.719. The topological polar surface area (TPSA) is 70.6 Å². The highest BCUT2D eigenvalue weighted by Gasteiger charge is 2.21. The molecular formula is C23H27N5O2S. The third-order valence-electron chi connectivity index (χ3n) is 5.21. The van der Waals surface area contributed by atoms with Crippen molar-refractivity contribution in [3.05, 3.63) is 64.1 Å². The zero-order chi connectivity index (χ0) is 21.6. The number of hydrogen-bond acceptors (Lipinski definition) is 7. The van der Waals surface area contributed by atoms with Crippen LogP contribution >= 0.6 is 11.3 Å². The van der Waals surface area contributed by atoms with Crippen LogP contribution in [0.15, 0.2) is 48.5 Å². The van der Waals surface area contributed by atoms with Gasteiger partial charge in [-0.1, -0.05) is 41.2 Å². The Bertz CT molecular complexity index is 1010. The normalized spacial score (nSPS) is 14.5. The van der Waals surface area contributed by atoms with E-state index in [1.54, 1.807) is 0 Å². The molecule has 1 N–H and O–H groups in total. The summed E-state index contributed by atoms with van der Waals surface area (Å²) in [6.45, 7) is 9.07. The van der Waals surface area contributed by atoms with Crippen LogP contribution in [0.2, 0.25) is 0 Å². The summed E-state index contributed by atoms with van der Waals surface area (Å²) in [7, 11) is 0. The van der Waals surface area contributed by atoms with Crippen LogP contribution in [-0.4, -0.2) is 53.8 Å². The molecule has 0 unspecified atom stereocenters. The Labute approximate surface area is 186 Å². The van der Waals surface area contributed by atoms with Crippen molar-refractivity contribution >= 4 is 28.6 Å². The number of rotatable bonds is 7. The first kappa shape index (κ1) is 21.3. The van der Waals surface area contributed by atoms with E-state index >= 15 is 0 Å². The number of hydrogen-bond donors (Lipinski definition) is 1. The van der Waals surface area contributed by atoms with Crippen LogP contribution in [0.4, 0.5) is 11.4 Å². The summed E-state index contributed by atoms with van der Waals surface area (Å²) in [6, 6.07) is 15.9. The van der Waals surface area contributed by atoms with Gasteiger partial charge >= 0.3 is 0 Å². The number of aryl methyl sites for hydroxylation is 1. The van der Waals surface area contributed by atoms with E-state index in [2.05, 4.69) is 37.4 Å². The quantitative estimate of drug-likeness (QED) is 0.606. The predicted octanol–water partition coefficient (Wildman–Crippen LogP) is 3.82. The minimum atomic E-state index is -0.218.